The van der Waals surface area contributed by atoms with Crippen molar-refractivity contribution >= 4 is 21.6 Å². The summed E-state index contributed by atoms with van der Waals surface area (Å²) in [7, 11) is -2.32. The van der Waals surface area contributed by atoms with Crippen molar-refractivity contribution in [2.24, 2.45) is 5.92 Å². The summed E-state index contributed by atoms with van der Waals surface area (Å²) in [6, 6.07) is 11.3. The van der Waals surface area contributed by atoms with Crippen molar-refractivity contribution in [2.75, 3.05) is 25.5 Å². The Kier molecular flexibility index (Phi) is 7.85. The molecular formula is C26H36N2O4S. The zero-order chi connectivity index (χ0) is 24.3. The molecule has 1 atom stereocenters. The first-order chi connectivity index (χ1) is 15.6. The monoisotopic (exact) mass is 472 g/mol. The van der Waals surface area contributed by atoms with Gasteiger partial charge in [-0.2, -0.15) is 4.31 Å². The normalized spacial score (nSPS) is 17.4. The zero-order valence-electron chi connectivity index (χ0n) is 20.5. The molecule has 0 bridgehead atoms. The van der Waals surface area contributed by atoms with Crippen molar-refractivity contribution in [2.45, 2.75) is 64.2 Å². The summed E-state index contributed by atoms with van der Waals surface area (Å²) >= 11 is 0. The average Bonchev–Trinajstić information content (AvgIpc) is 2.79. The Hall–Kier alpha value is -2.38. The fraction of sp³-hybridized carbons (Fsp3) is 0.500. The number of sulfonamides is 1. The molecule has 3 rings (SSSR count). The average molecular weight is 473 g/mol. The molecule has 0 saturated carbocycles. The summed E-state index contributed by atoms with van der Waals surface area (Å²) in [6.07, 6.45) is 1.29. The highest BCUT2D eigenvalue weighted by Gasteiger charge is 2.35. The molecule has 2 aromatic rings. The van der Waals surface area contributed by atoms with E-state index in [2.05, 4.69) is 19.2 Å². The van der Waals surface area contributed by atoms with Crippen LogP contribution < -0.4 is 10.1 Å². The summed E-state index contributed by atoms with van der Waals surface area (Å²) in [5.74, 6) is 0.243. The summed E-state index contributed by atoms with van der Waals surface area (Å²) in [5.41, 5.74) is 3.86. The van der Waals surface area contributed by atoms with Crippen LogP contribution in [-0.4, -0.2) is 38.8 Å². The molecule has 1 fully saturated rings. The molecule has 6 nitrogen and oxygen atoms in total. The van der Waals surface area contributed by atoms with Crippen LogP contribution in [-0.2, 0) is 14.8 Å². The molecule has 0 spiro atoms. The number of piperidine rings is 1. The van der Waals surface area contributed by atoms with Crippen LogP contribution in [0, 0.1) is 12.8 Å². The van der Waals surface area contributed by atoms with Gasteiger partial charge in [-0.1, -0.05) is 52.0 Å². The summed E-state index contributed by atoms with van der Waals surface area (Å²) < 4.78 is 34.0. The lowest BCUT2D eigenvalue weighted by Crippen LogP contribution is -2.43. The van der Waals surface area contributed by atoms with Crippen molar-refractivity contribution in [3.63, 3.8) is 0 Å². The lowest BCUT2D eigenvalue weighted by molar-refractivity contribution is -0.120. The van der Waals surface area contributed by atoms with E-state index < -0.39 is 15.9 Å². The van der Waals surface area contributed by atoms with Crippen LogP contribution in [0.3, 0.4) is 0 Å². The first-order valence-electron chi connectivity index (χ1n) is 11.6. The van der Waals surface area contributed by atoms with E-state index in [-0.39, 0.29) is 29.2 Å². The van der Waals surface area contributed by atoms with Crippen LogP contribution in [0.1, 0.15) is 69.1 Å². The van der Waals surface area contributed by atoms with Gasteiger partial charge in [0.25, 0.3) is 0 Å². The van der Waals surface area contributed by atoms with Gasteiger partial charge in [0.05, 0.1) is 13.0 Å². The minimum Gasteiger partial charge on any atom is -0.495 e. The second-order valence-electron chi connectivity index (χ2n) is 9.45. The van der Waals surface area contributed by atoms with Crippen LogP contribution >= 0.6 is 0 Å². The van der Waals surface area contributed by atoms with Crippen molar-refractivity contribution < 1.29 is 17.9 Å². The maximum Gasteiger partial charge on any atom is 0.246 e. The van der Waals surface area contributed by atoms with Crippen molar-refractivity contribution in [3.05, 3.63) is 53.1 Å². The highest BCUT2D eigenvalue weighted by Crippen LogP contribution is 2.33. The van der Waals surface area contributed by atoms with Gasteiger partial charge in [0.1, 0.15) is 10.6 Å². The fourth-order valence-electron chi connectivity index (χ4n) is 4.34. The van der Waals surface area contributed by atoms with Gasteiger partial charge in [0.2, 0.25) is 15.9 Å². The van der Waals surface area contributed by atoms with E-state index in [9.17, 15) is 13.2 Å². The van der Waals surface area contributed by atoms with Gasteiger partial charge in [-0.25, -0.2) is 8.42 Å². The van der Waals surface area contributed by atoms with Crippen LogP contribution in [0.2, 0.25) is 0 Å². The predicted molar refractivity (Wildman–Crippen MR) is 132 cm³/mol. The molecule has 0 aliphatic carbocycles. The Morgan fingerprint density at radius 3 is 2.48 bits per heavy atom. The maximum absolute atomic E-state index is 13.6. The smallest absolute Gasteiger partial charge is 0.246 e. The number of hydrogen-bond acceptors (Lipinski definition) is 4. The van der Waals surface area contributed by atoms with Crippen molar-refractivity contribution in [1.82, 2.24) is 4.31 Å². The van der Waals surface area contributed by atoms with Gasteiger partial charge in [-0.15, -0.1) is 0 Å². The van der Waals surface area contributed by atoms with E-state index in [1.807, 2.05) is 45.0 Å². The number of nitrogens with one attached hydrogen (secondary N) is 1. The molecule has 1 saturated heterocycles. The maximum atomic E-state index is 13.6. The van der Waals surface area contributed by atoms with E-state index in [4.69, 9.17) is 4.74 Å². The standard InChI is InChI=1S/C26H36N2O4S/c1-17(2)20-12-13-23(32-6)24(15-20)33(30,31)28-14-8-10-21(16-28)26(29)27-25-19(5)9-7-11-22(25)18(3)4/h7,9,11-13,15,17-18,21H,8,10,14,16H2,1-6H3,(H,27,29)/t21-/m1/s1. The summed E-state index contributed by atoms with van der Waals surface area (Å²) in [5, 5.41) is 3.10. The Morgan fingerprint density at radius 2 is 1.85 bits per heavy atom. The second kappa shape index (κ2) is 10.3. The minimum atomic E-state index is -3.80. The molecule has 2 aromatic carbocycles. The number of ether oxygens (including phenoxy) is 1. The fourth-order valence-corrected chi connectivity index (χ4v) is 6.05. The molecule has 0 aromatic heterocycles. The number of nitrogens with zero attached hydrogens (tertiary/aromatic N) is 1. The number of hydrogen-bond donors (Lipinski definition) is 1. The number of amides is 1. The summed E-state index contributed by atoms with van der Waals surface area (Å²) in [4.78, 5) is 13.4. The first-order valence-corrected chi connectivity index (χ1v) is 13.1. The number of methoxy groups -OCH3 is 1. The van der Waals surface area contributed by atoms with E-state index in [1.165, 1.54) is 11.4 Å². The van der Waals surface area contributed by atoms with E-state index >= 15 is 0 Å². The molecule has 1 aliphatic heterocycles. The lowest BCUT2D eigenvalue weighted by atomic mass is 9.95. The third-order valence-corrected chi connectivity index (χ3v) is 8.29. The number of carbonyl (C=O) groups excluding carboxylic acids is 1. The zero-order valence-corrected chi connectivity index (χ0v) is 21.3. The molecule has 0 radical (unpaired) electrons. The SMILES string of the molecule is COc1ccc(C(C)C)cc1S(=O)(=O)N1CCC[C@@H](C(=O)Nc2c(C)cccc2C(C)C)C1. The van der Waals surface area contributed by atoms with Crippen LogP contribution in [0.4, 0.5) is 5.69 Å². The molecule has 1 amide bonds. The summed E-state index contributed by atoms with van der Waals surface area (Å²) in [6.45, 7) is 10.8. The molecule has 7 heteroatoms. The Balaban J connectivity index is 1.85. The molecule has 1 aliphatic rings. The van der Waals surface area contributed by atoms with Crippen LogP contribution in [0.5, 0.6) is 5.75 Å². The van der Waals surface area contributed by atoms with Gasteiger partial charge in [-0.3, -0.25) is 4.79 Å². The van der Waals surface area contributed by atoms with E-state index in [1.54, 1.807) is 12.1 Å². The Morgan fingerprint density at radius 1 is 1.12 bits per heavy atom. The van der Waals surface area contributed by atoms with Crippen LogP contribution in [0.15, 0.2) is 41.3 Å². The molecule has 1 heterocycles. The number of rotatable bonds is 7. The number of aryl methyl sites for hydroxylation is 1. The number of anilines is 1. The van der Waals surface area contributed by atoms with Crippen molar-refractivity contribution in [1.29, 1.82) is 0 Å². The topological polar surface area (TPSA) is 75.7 Å². The van der Waals surface area contributed by atoms with Crippen molar-refractivity contribution in [3.8, 4) is 5.75 Å². The number of para-hydroxylation sites is 1. The van der Waals surface area contributed by atoms with Gasteiger partial charge >= 0.3 is 0 Å². The predicted octanol–water partition coefficient (Wildman–Crippen LogP) is 5.29. The molecule has 0 unspecified atom stereocenters. The number of carbonyl (C=O) groups is 1. The molecular weight excluding hydrogens is 436 g/mol. The third kappa shape index (κ3) is 5.41. The van der Waals surface area contributed by atoms with Gasteiger partial charge in [-0.05, 0) is 60.4 Å². The largest absolute Gasteiger partial charge is 0.495 e. The van der Waals surface area contributed by atoms with E-state index in [0.29, 0.717) is 25.1 Å². The van der Waals surface area contributed by atoms with Gasteiger partial charge < -0.3 is 10.1 Å². The molecule has 180 valence electrons. The number of benzene rings is 2. The second-order valence-corrected chi connectivity index (χ2v) is 11.4. The molecule has 33 heavy (non-hydrogen) atoms. The third-order valence-electron chi connectivity index (χ3n) is 6.40. The minimum absolute atomic E-state index is 0.131. The highest BCUT2D eigenvalue weighted by atomic mass is 32.2. The van der Waals surface area contributed by atoms with Crippen LogP contribution in [0.25, 0.3) is 0 Å². The highest BCUT2D eigenvalue weighted by molar-refractivity contribution is 7.89. The molecule has 1 N–H and O–H groups in total. The quantitative estimate of drug-likeness (QED) is 0.594. The lowest BCUT2D eigenvalue weighted by Gasteiger charge is -2.32. The Bertz CT molecular complexity index is 1110. The Labute approximate surface area is 198 Å². The first kappa shape index (κ1) is 25.2. The van der Waals surface area contributed by atoms with Gasteiger partial charge in [0.15, 0.2) is 0 Å². The van der Waals surface area contributed by atoms with Gasteiger partial charge in [0, 0.05) is 18.8 Å². The van der Waals surface area contributed by atoms with E-state index in [0.717, 1.165) is 22.4 Å².